The van der Waals surface area contributed by atoms with Gasteiger partial charge in [-0.25, -0.2) is 10.2 Å². The molecule has 0 aliphatic rings. The molecule has 0 heterocycles. The lowest BCUT2D eigenvalue weighted by Gasteiger charge is -2.16. The molecule has 0 fully saturated rings. The molecule has 2 aromatic carbocycles. The van der Waals surface area contributed by atoms with E-state index in [1.54, 1.807) is 6.34 Å². The summed E-state index contributed by atoms with van der Waals surface area (Å²) in [7, 11) is 0. The predicted molar refractivity (Wildman–Crippen MR) is 90.8 cm³/mol. The average Bonchev–Trinajstić information content (AvgIpc) is 2.54. The summed E-state index contributed by atoms with van der Waals surface area (Å²) < 4.78 is 1.81. The third kappa shape index (κ3) is 5.14. The van der Waals surface area contributed by atoms with Gasteiger partial charge in [0.15, 0.2) is 12.2 Å². The molecule has 0 saturated heterocycles. The van der Waals surface area contributed by atoms with E-state index < -0.39 is 5.97 Å². The van der Waals surface area contributed by atoms with Crippen LogP contribution in [0.4, 0.5) is 5.69 Å². The number of hydrogen-bond donors (Lipinski definition) is 3. The van der Waals surface area contributed by atoms with Gasteiger partial charge in [0.1, 0.15) is 0 Å². The van der Waals surface area contributed by atoms with Crippen molar-refractivity contribution in [1.29, 1.82) is 0 Å². The molecule has 0 aromatic heterocycles. The van der Waals surface area contributed by atoms with Gasteiger partial charge in [-0.2, -0.15) is 0 Å². The van der Waals surface area contributed by atoms with Crippen molar-refractivity contribution in [2.75, 3.05) is 6.54 Å². The molecular weight excluding hydrogens is 290 g/mol. The van der Waals surface area contributed by atoms with Gasteiger partial charge in [-0.15, -0.1) is 4.68 Å². The van der Waals surface area contributed by atoms with Crippen LogP contribution in [-0.4, -0.2) is 28.6 Å². The zero-order valence-electron chi connectivity index (χ0n) is 13.4. The fourth-order valence-corrected chi connectivity index (χ4v) is 2.21. The maximum absolute atomic E-state index is 10.7. The van der Waals surface area contributed by atoms with Gasteiger partial charge in [0.25, 0.3) is 6.34 Å². The van der Waals surface area contributed by atoms with E-state index in [9.17, 15) is 4.79 Å². The molecule has 5 heteroatoms. The first kappa shape index (κ1) is 16.5. The first-order valence-electron chi connectivity index (χ1n) is 7.52. The van der Waals surface area contributed by atoms with Crippen LogP contribution >= 0.6 is 0 Å². The number of carbonyl (C=O) groups is 1. The van der Waals surface area contributed by atoms with Gasteiger partial charge in [-0.3, -0.25) is 5.32 Å². The topological polar surface area (TPSA) is 64.4 Å². The molecule has 3 N–H and O–H groups in total. The molecule has 0 amide bonds. The molecule has 0 aliphatic carbocycles. The lowest BCUT2D eigenvalue weighted by molar-refractivity contribution is -0.512. The summed E-state index contributed by atoms with van der Waals surface area (Å²) in [5.41, 5.74) is 6.59. The number of aliphatic carboxylic acids is 1. The van der Waals surface area contributed by atoms with Gasteiger partial charge in [-0.1, -0.05) is 42.5 Å². The Balaban J connectivity index is 2.21. The van der Waals surface area contributed by atoms with Gasteiger partial charge >= 0.3 is 5.97 Å². The number of carboxylic acid groups (broad SMARTS) is 1. The second-order valence-electron chi connectivity index (χ2n) is 5.37. The number of rotatable bonds is 7. The lowest BCUT2D eigenvalue weighted by Crippen LogP contribution is -2.34. The smallest absolute Gasteiger partial charge is 0.345 e. The van der Waals surface area contributed by atoms with Gasteiger partial charge in [0.05, 0.1) is 6.04 Å². The molecule has 5 nitrogen and oxygen atoms in total. The van der Waals surface area contributed by atoms with Crippen LogP contribution < -0.4 is 10.7 Å². The van der Waals surface area contributed by atoms with E-state index in [2.05, 4.69) is 29.8 Å². The highest BCUT2D eigenvalue weighted by Gasteiger charge is 2.12. The summed E-state index contributed by atoms with van der Waals surface area (Å²) in [6.45, 7) is 3.94. The number of hydrogen-bond acceptors (Lipinski definition) is 2. The van der Waals surface area contributed by atoms with Crippen molar-refractivity contribution in [2.24, 2.45) is 0 Å². The highest BCUT2D eigenvalue weighted by atomic mass is 16.4. The van der Waals surface area contributed by atoms with Crippen LogP contribution in [0.1, 0.15) is 24.1 Å². The molecule has 0 aliphatic heterocycles. The minimum atomic E-state index is -0.901. The van der Waals surface area contributed by atoms with E-state index >= 15 is 0 Å². The van der Waals surface area contributed by atoms with Crippen LogP contribution in [0.3, 0.4) is 0 Å². The first-order chi connectivity index (χ1) is 11.1. The summed E-state index contributed by atoms with van der Waals surface area (Å²) in [6, 6.07) is 18.1. The van der Waals surface area contributed by atoms with Gasteiger partial charge < -0.3 is 5.11 Å². The summed E-state index contributed by atoms with van der Waals surface area (Å²) in [6.07, 6.45) is 1.64. The molecule has 0 radical (unpaired) electrons. The Morgan fingerprint density at radius 2 is 1.96 bits per heavy atom. The molecular formula is C18H22N3O2+. The van der Waals surface area contributed by atoms with Crippen LogP contribution in [-0.2, 0) is 4.79 Å². The number of nitrogens with zero attached hydrogens (tertiary/aromatic N) is 1. The largest absolute Gasteiger partial charge is 0.478 e. The van der Waals surface area contributed by atoms with E-state index in [1.807, 2.05) is 54.1 Å². The molecule has 2 rings (SSSR count). The molecule has 1 atom stereocenters. The second-order valence-corrected chi connectivity index (χ2v) is 5.37. The third-order valence-corrected chi connectivity index (χ3v) is 3.39. The zero-order chi connectivity index (χ0) is 16.7. The summed E-state index contributed by atoms with van der Waals surface area (Å²) in [4.78, 5) is 10.7. The van der Waals surface area contributed by atoms with Crippen molar-refractivity contribution in [3.8, 4) is 0 Å². The van der Waals surface area contributed by atoms with Crippen molar-refractivity contribution in [3.63, 3.8) is 0 Å². The normalized spacial score (nSPS) is 12.5. The maximum atomic E-state index is 10.7. The number of hydrazone groups is 1. The van der Waals surface area contributed by atoms with Crippen LogP contribution in [0, 0.1) is 6.92 Å². The number of nitrogens with one attached hydrogen (secondary N) is 2. The summed E-state index contributed by atoms with van der Waals surface area (Å²) in [5, 5.41) is 11.6. The highest BCUT2D eigenvalue weighted by Crippen LogP contribution is 2.16. The van der Waals surface area contributed by atoms with E-state index in [4.69, 9.17) is 5.11 Å². The molecule has 0 spiro atoms. The minimum absolute atomic E-state index is 0.0691. The van der Waals surface area contributed by atoms with Crippen molar-refractivity contribution in [2.45, 2.75) is 19.9 Å². The summed E-state index contributed by atoms with van der Waals surface area (Å²) >= 11 is 0. The Kier molecular flexibility index (Phi) is 5.74. The fourth-order valence-electron chi connectivity index (χ4n) is 2.21. The SMILES string of the molecule is Cc1cccc([N+](=CNCC(=O)O)N[C@@H](C)c2ccccc2)c1. The number of aryl methyl sites for hydroxylation is 1. The van der Waals surface area contributed by atoms with E-state index in [0.717, 1.165) is 16.8 Å². The number of carboxylic acids is 1. The molecule has 0 saturated carbocycles. The third-order valence-electron chi connectivity index (χ3n) is 3.39. The first-order valence-corrected chi connectivity index (χ1v) is 7.52. The van der Waals surface area contributed by atoms with Crippen molar-refractivity contribution in [3.05, 3.63) is 65.7 Å². The highest BCUT2D eigenvalue weighted by molar-refractivity contribution is 5.72. The Labute approximate surface area is 136 Å². The number of benzene rings is 2. The molecule has 23 heavy (non-hydrogen) atoms. The standard InChI is InChI=1S/C18H21N3O2/c1-14-7-6-10-17(11-14)21(13-19-12-18(22)23)20-15(2)16-8-4-3-5-9-16/h3-11,13,15,20H,12H2,1-2H3,(H,22,23)/p+1/t15-/m0/s1. The van der Waals surface area contributed by atoms with E-state index in [0.29, 0.717) is 0 Å². The quantitative estimate of drug-likeness (QED) is 0.318. The van der Waals surface area contributed by atoms with Gasteiger partial charge in [0, 0.05) is 0 Å². The monoisotopic (exact) mass is 312 g/mol. The fraction of sp³-hybridized carbons (Fsp3) is 0.222. The van der Waals surface area contributed by atoms with Crippen LogP contribution in [0.5, 0.6) is 0 Å². The Morgan fingerprint density at radius 3 is 2.61 bits per heavy atom. The van der Waals surface area contributed by atoms with Gasteiger partial charge in [0.2, 0.25) is 0 Å². The van der Waals surface area contributed by atoms with Crippen LogP contribution in [0.25, 0.3) is 0 Å². The average molecular weight is 312 g/mol. The second kappa shape index (κ2) is 7.98. The minimum Gasteiger partial charge on any atom is -0.478 e. The number of hydrazine groups is 1. The van der Waals surface area contributed by atoms with E-state index in [1.165, 1.54) is 0 Å². The molecule has 2 aromatic rings. The van der Waals surface area contributed by atoms with Crippen molar-refractivity contribution in [1.82, 2.24) is 10.7 Å². The van der Waals surface area contributed by atoms with Crippen LogP contribution in [0.15, 0.2) is 54.6 Å². The predicted octanol–water partition coefficient (Wildman–Crippen LogP) is 2.61. The van der Waals surface area contributed by atoms with E-state index in [-0.39, 0.29) is 12.6 Å². The Morgan fingerprint density at radius 1 is 1.22 bits per heavy atom. The molecule has 120 valence electrons. The summed E-state index contributed by atoms with van der Waals surface area (Å²) in [5.74, 6) is -0.901. The Bertz CT molecular complexity index is 684. The Hall–Kier alpha value is -2.82. The zero-order valence-corrected chi connectivity index (χ0v) is 13.4. The maximum Gasteiger partial charge on any atom is 0.345 e. The lowest BCUT2D eigenvalue weighted by atomic mass is 10.1. The molecule has 0 bridgehead atoms. The van der Waals surface area contributed by atoms with Crippen molar-refractivity contribution < 1.29 is 14.6 Å². The van der Waals surface area contributed by atoms with Crippen molar-refractivity contribution >= 4 is 18.0 Å². The van der Waals surface area contributed by atoms with Gasteiger partial charge in [-0.05, 0) is 37.1 Å². The molecule has 0 unspecified atom stereocenters. The van der Waals surface area contributed by atoms with Crippen LogP contribution in [0.2, 0.25) is 0 Å².